The largest absolute Gasteiger partial charge is 0.497 e. The van der Waals surface area contributed by atoms with Crippen LogP contribution in [0.25, 0.3) is 0 Å². The van der Waals surface area contributed by atoms with Crippen LogP contribution in [0.15, 0.2) is 18.2 Å². The molecule has 0 aliphatic carbocycles. The number of rotatable bonds is 5. The van der Waals surface area contributed by atoms with Crippen LogP contribution in [0.1, 0.15) is 23.7 Å². The Morgan fingerprint density at radius 1 is 1.59 bits per heavy atom. The van der Waals surface area contributed by atoms with Crippen molar-refractivity contribution in [2.45, 2.75) is 18.9 Å². The summed E-state index contributed by atoms with van der Waals surface area (Å²) in [6, 6.07) is 6.70. The van der Waals surface area contributed by atoms with Crippen molar-refractivity contribution >= 4 is 5.97 Å². The van der Waals surface area contributed by atoms with Crippen molar-refractivity contribution in [3.8, 4) is 11.8 Å². The quantitative estimate of drug-likeness (QED) is 0.802. The number of ether oxygens (including phenoxy) is 1. The van der Waals surface area contributed by atoms with Crippen molar-refractivity contribution in [3.63, 3.8) is 0 Å². The Labute approximate surface area is 98.9 Å². The molecular weight excluding hydrogens is 222 g/mol. The first-order chi connectivity index (χ1) is 8.10. The van der Waals surface area contributed by atoms with Crippen LogP contribution in [0.2, 0.25) is 0 Å². The van der Waals surface area contributed by atoms with Gasteiger partial charge in [0, 0.05) is 6.42 Å². The van der Waals surface area contributed by atoms with E-state index in [9.17, 15) is 9.90 Å². The molecule has 1 aromatic carbocycles. The Morgan fingerprint density at radius 2 is 2.29 bits per heavy atom. The fourth-order valence-electron chi connectivity index (χ4n) is 1.52. The Hall–Kier alpha value is -2.06. The number of carbonyl (C=O) groups is 1. The van der Waals surface area contributed by atoms with Gasteiger partial charge in [-0.1, -0.05) is 6.07 Å². The minimum absolute atomic E-state index is 0.256. The van der Waals surface area contributed by atoms with Crippen molar-refractivity contribution in [3.05, 3.63) is 29.3 Å². The molecule has 0 spiro atoms. The van der Waals surface area contributed by atoms with Crippen LogP contribution in [-0.4, -0.2) is 23.3 Å². The zero-order valence-electron chi connectivity index (χ0n) is 9.38. The van der Waals surface area contributed by atoms with Gasteiger partial charge in [0.2, 0.25) is 0 Å². The molecule has 0 saturated carbocycles. The van der Waals surface area contributed by atoms with Gasteiger partial charge in [-0.2, -0.15) is 5.26 Å². The lowest BCUT2D eigenvalue weighted by Crippen LogP contribution is -2.12. The molecule has 0 heterocycles. The molecule has 0 aromatic heterocycles. The van der Waals surface area contributed by atoms with Gasteiger partial charge in [-0.05, 0) is 29.7 Å². The maximum atomic E-state index is 10.7. The van der Waals surface area contributed by atoms with E-state index in [1.807, 2.05) is 6.07 Å². The summed E-state index contributed by atoms with van der Waals surface area (Å²) in [5, 5.41) is 26.8. The van der Waals surface area contributed by atoms with Crippen molar-refractivity contribution in [1.82, 2.24) is 0 Å². The molecule has 0 aliphatic rings. The predicted octanol–water partition coefficient (Wildman–Crippen LogP) is 1.27. The Bertz CT molecular complexity index is 450. The third-order valence-corrected chi connectivity index (χ3v) is 2.38. The topological polar surface area (TPSA) is 90.6 Å². The van der Waals surface area contributed by atoms with E-state index in [2.05, 4.69) is 0 Å². The maximum Gasteiger partial charge on any atom is 0.337 e. The van der Waals surface area contributed by atoms with Crippen LogP contribution in [0.5, 0.6) is 5.75 Å². The number of methoxy groups -OCH3 is 1. The highest BCUT2D eigenvalue weighted by Crippen LogP contribution is 2.24. The first-order valence-electron chi connectivity index (χ1n) is 5.04. The summed E-state index contributed by atoms with van der Waals surface area (Å²) < 4.78 is 5.02. The molecule has 5 nitrogen and oxygen atoms in total. The van der Waals surface area contributed by atoms with Gasteiger partial charge in [0.05, 0.1) is 13.2 Å². The van der Waals surface area contributed by atoms with Crippen LogP contribution in [0, 0.1) is 11.3 Å². The third-order valence-electron chi connectivity index (χ3n) is 2.38. The van der Waals surface area contributed by atoms with Crippen LogP contribution in [0.4, 0.5) is 0 Å². The lowest BCUT2D eigenvalue weighted by molar-refractivity contribution is -0.147. The highest BCUT2D eigenvalue weighted by atomic mass is 16.5. The zero-order valence-corrected chi connectivity index (χ0v) is 9.38. The fourth-order valence-corrected chi connectivity index (χ4v) is 1.52. The summed E-state index contributed by atoms with van der Waals surface area (Å²) in [5.41, 5.74) is 0.911. The van der Waals surface area contributed by atoms with Crippen molar-refractivity contribution in [1.29, 1.82) is 5.26 Å². The fraction of sp³-hybridized carbons (Fsp3) is 0.333. The van der Waals surface area contributed by atoms with Gasteiger partial charge in [0.25, 0.3) is 0 Å². The molecule has 0 amide bonds. The number of aliphatic hydroxyl groups is 1. The monoisotopic (exact) mass is 235 g/mol. The van der Waals surface area contributed by atoms with Gasteiger partial charge in [-0.25, -0.2) is 4.79 Å². The molecular formula is C12H13NO4. The number of carboxylic acids is 1. The van der Waals surface area contributed by atoms with E-state index in [0.717, 1.165) is 0 Å². The molecule has 1 unspecified atom stereocenters. The summed E-state index contributed by atoms with van der Waals surface area (Å²) in [6.07, 6.45) is -0.936. The first-order valence-corrected chi connectivity index (χ1v) is 5.04. The molecule has 0 radical (unpaired) electrons. The second kappa shape index (κ2) is 5.87. The molecule has 0 bridgehead atoms. The number of aliphatic carboxylic acids is 1. The van der Waals surface area contributed by atoms with Crippen molar-refractivity contribution in [2.75, 3.05) is 7.11 Å². The Kier molecular flexibility index (Phi) is 4.49. The summed E-state index contributed by atoms with van der Waals surface area (Å²) >= 11 is 0. The minimum atomic E-state index is -1.57. The number of nitrogens with zero attached hydrogens (tertiary/aromatic N) is 1. The molecule has 0 fully saturated rings. The van der Waals surface area contributed by atoms with E-state index in [-0.39, 0.29) is 6.42 Å². The van der Waals surface area contributed by atoms with Crippen molar-refractivity contribution in [2.24, 2.45) is 0 Å². The summed E-state index contributed by atoms with van der Waals surface area (Å²) in [5.74, 6) is -0.743. The van der Waals surface area contributed by atoms with Crippen LogP contribution >= 0.6 is 0 Å². The van der Waals surface area contributed by atoms with Gasteiger partial charge in [0.1, 0.15) is 5.75 Å². The van der Waals surface area contributed by atoms with Gasteiger partial charge >= 0.3 is 5.97 Å². The number of nitriles is 1. The number of carboxylic acid groups (broad SMARTS) is 1. The van der Waals surface area contributed by atoms with Crippen LogP contribution < -0.4 is 4.74 Å². The molecule has 1 aromatic rings. The van der Waals surface area contributed by atoms with E-state index in [4.69, 9.17) is 15.1 Å². The van der Waals surface area contributed by atoms with E-state index >= 15 is 0 Å². The standard InChI is InChI=1S/C12H13NO4/c1-17-9-4-5-10(11(14)12(15)16)8(7-9)3-2-6-13/h4-5,7,11,14H,2-3H2,1H3,(H,15,16). The number of hydrogen-bond donors (Lipinski definition) is 2. The van der Waals surface area contributed by atoms with E-state index < -0.39 is 12.1 Å². The third kappa shape index (κ3) is 3.20. The van der Waals surface area contributed by atoms with E-state index in [1.54, 1.807) is 12.1 Å². The van der Waals surface area contributed by atoms with Gasteiger partial charge < -0.3 is 14.9 Å². The lowest BCUT2D eigenvalue weighted by Gasteiger charge is -2.12. The molecule has 0 saturated heterocycles. The highest BCUT2D eigenvalue weighted by Gasteiger charge is 2.19. The maximum absolute atomic E-state index is 10.7. The first kappa shape index (κ1) is 13.0. The lowest BCUT2D eigenvalue weighted by atomic mass is 9.98. The van der Waals surface area contributed by atoms with Crippen LogP contribution in [0.3, 0.4) is 0 Å². The average Bonchev–Trinajstić information content (AvgIpc) is 2.34. The van der Waals surface area contributed by atoms with Gasteiger partial charge in [-0.3, -0.25) is 0 Å². The average molecular weight is 235 g/mol. The number of aryl methyl sites for hydroxylation is 1. The van der Waals surface area contributed by atoms with Gasteiger partial charge in [0.15, 0.2) is 6.10 Å². The molecule has 5 heteroatoms. The number of benzene rings is 1. The molecule has 2 N–H and O–H groups in total. The van der Waals surface area contributed by atoms with E-state index in [0.29, 0.717) is 23.3 Å². The minimum Gasteiger partial charge on any atom is -0.497 e. The van der Waals surface area contributed by atoms with E-state index in [1.165, 1.54) is 13.2 Å². The van der Waals surface area contributed by atoms with Crippen molar-refractivity contribution < 1.29 is 19.7 Å². The zero-order chi connectivity index (χ0) is 12.8. The summed E-state index contributed by atoms with van der Waals surface area (Å²) in [4.78, 5) is 10.7. The summed E-state index contributed by atoms with van der Waals surface area (Å²) in [7, 11) is 1.50. The smallest absolute Gasteiger partial charge is 0.337 e. The SMILES string of the molecule is COc1ccc(C(O)C(=O)O)c(CCC#N)c1. The van der Waals surface area contributed by atoms with Crippen LogP contribution in [-0.2, 0) is 11.2 Å². The number of hydrogen-bond acceptors (Lipinski definition) is 4. The second-order valence-electron chi connectivity index (χ2n) is 3.46. The summed E-state index contributed by atoms with van der Waals surface area (Å²) in [6.45, 7) is 0. The molecule has 0 aliphatic heterocycles. The Balaban J connectivity index is 3.10. The molecule has 1 atom stereocenters. The molecule has 17 heavy (non-hydrogen) atoms. The normalized spacial score (nSPS) is 11.6. The molecule has 90 valence electrons. The van der Waals surface area contributed by atoms with Gasteiger partial charge in [-0.15, -0.1) is 0 Å². The molecule has 1 rings (SSSR count). The highest BCUT2D eigenvalue weighted by molar-refractivity contribution is 5.74. The number of aliphatic hydroxyl groups excluding tert-OH is 1. The Morgan fingerprint density at radius 3 is 2.82 bits per heavy atom. The predicted molar refractivity (Wildman–Crippen MR) is 59.5 cm³/mol. The second-order valence-corrected chi connectivity index (χ2v) is 3.46.